The van der Waals surface area contributed by atoms with E-state index in [1.54, 1.807) is 6.42 Å². The highest BCUT2D eigenvalue weighted by atomic mass is 14.4. The van der Waals surface area contributed by atoms with Gasteiger partial charge in [-0.25, -0.2) is 0 Å². The van der Waals surface area contributed by atoms with Crippen LogP contribution in [-0.2, 0) is 0 Å². The molecule has 0 spiro atoms. The van der Waals surface area contributed by atoms with Gasteiger partial charge >= 0.3 is 0 Å². The van der Waals surface area contributed by atoms with E-state index in [1.807, 2.05) is 13.8 Å². The van der Waals surface area contributed by atoms with E-state index in [0.717, 1.165) is 11.8 Å². The zero-order valence-corrected chi connectivity index (χ0v) is 9.42. The second kappa shape index (κ2) is 8.31. The number of fused-ring (bicyclic) bond motifs is 1. The minimum atomic E-state index is 1.13. The second-order valence-corrected chi connectivity index (χ2v) is 3.38. The minimum Gasteiger partial charge on any atom is -0.333 e. The molecular weight excluding hydrogens is 158 g/mol. The number of hydrogen-bond donors (Lipinski definition) is 1. The summed E-state index contributed by atoms with van der Waals surface area (Å²) >= 11 is 0. The van der Waals surface area contributed by atoms with E-state index < -0.39 is 0 Å². The lowest BCUT2D eigenvalue weighted by atomic mass is 10.1. The number of nitrogens with two attached hydrogens (primary N) is 1. The van der Waals surface area contributed by atoms with Gasteiger partial charge in [-0.1, -0.05) is 26.0 Å². The van der Waals surface area contributed by atoms with Gasteiger partial charge in [-0.05, 0) is 51.0 Å². The molecule has 2 atom stereocenters. The first-order valence-electron chi connectivity index (χ1n) is 5.69. The fraction of sp³-hybridized carbons (Fsp3) is 0.833. The lowest BCUT2D eigenvalue weighted by Gasteiger charge is -1.99. The lowest BCUT2D eigenvalue weighted by Crippen LogP contribution is -1.85. The van der Waals surface area contributed by atoms with Crippen molar-refractivity contribution in [2.24, 2.45) is 17.6 Å². The lowest BCUT2D eigenvalue weighted by molar-refractivity contribution is 0.605. The molecule has 0 aromatic heterocycles. The van der Waals surface area contributed by atoms with Crippen LogP contribution < -0.4 is 5.73 Å². The molecule has 2 aliphatic rings. The Morgan fingerprint density at radius 2 is 1.31 bits per heavy atom. The van der Waals surface area contributed by atoms with Crippen LogP contribution in [0, 0.1) is 11.8 Å². The van der Waals surface area contributed by atoms with Crippen LogP contribution >= 0.6 is 0 Å². The maximum atomic E-state index is 4.50. The van der Waals surface area contributed by atoms with Crippen molar-refractivity contribution in [2.45, 2.75) is 46.0 Å². The normalized spacial score (nSPS) is 31.7. The third-order valence-electron chi connectivity index (χ3n) is 2.64. The summed E-state index contributed by atoms with van der Waals surface area (Å²) in [5, 5.41) is 0. The molecule has 0 aromatic carbocycles. The Balaban J connectivity index is 0.000000322. The predicted molar refractivity (Wildman–Crippen MR) is 60.7 cm³/mol. The molecular formula is C12H25N. The van der Waals surface area contributed by atoms with Crippen LogP contribution in [0.2, 0.25) is 0 Å². The predicted octanol–water partition coefficient (Wildman–Crippen LogP) is 3.35. The summed E-state index contributed by atoms with van der Waals surface area (Å²) in [6.45, 7) is 4.00. The third-order valence-corrected chi connectivity index (χ3v) is 2.64. The fourth-order valence-corrected chi connectivity index (χ4v) is 1.87. The molecule has 1 nitrogen and oxygen atoms in total. The van der Waals surface area contributed by atoms with Gasteiger partial charge in [0.15, 0.2) is 0 Å². The van der Waals surface area contributed by atoms with E-state index in [4.69, 9.17) is 0 Å². The summed E-state index contributed by atoms with van der Waals surface area (Å²) in [6, 6.07) is 0. The standard InChI is InChI=1S/C9H14.C2H6.CH5N/c1-2-4-6-9-7-8(9)5-3-1;2*1-2/h1-2,8-9H,3-7H2;1-2H3;2H2,1H3/b2-1-;;. The van der Waals surface area contributed by atoms with Crippen LogP contribution in [0.3, 0.4) is 0 Å². The Hall–Kier alpha value is -0.300. The quantitative estimate of drug-likeness (QED) is 0.573. The molecule has 0 saturated heterocycles. The summed E-state index contributed by atoms with van der Waals surface area (Å²) < 4.78 is 0. The molecule has 0 amide bonds. The van der Waals surface area contributed by atoms with E-state index >= 15 is 0 Å². The van der Waals surface area contributed by atoms with Gasteiger partial charge in [0.1, 0.15) is 0 Å². The van der Waals surface area contributed by atoms with Gasteiger partial charge in [-0.15, -0.1) is 0 Å². The van der Waals surface area contributed by atoms with E-state index in [-0.39, 0.29) is 0 Å². The van der Waals surface area contributed by atoms with E-state index in [9.17, 15) is 0 Å². The van der Waals surface area contributed by atoms with Gasteiger partial charge < -0.3 is 5.73 Å². The van der Waals surface area contributed by atoms with E-state index in [0.29, 0.717) is 0 Å². The maximum absolute atomic E-state index is 4.50. The van der Waals surface area contributed by atoms with Gasteiger partial charge in [0.2, 0.25) is 0 Å². The highest BCUT2D eigenvalue weighted by Gasteiger charge is 2.35. The first-order chi connectivity index (χ1) is 6.47. The van der Waals surface area contributed by atoms with Crippen LogP contribution in [-0.4, -0.2) is 7.05 Å². The molecule has 0 radical (unpaired) electrons. The van der Waals surface area contributed by atoms with Crippen molar-refractivity contribution in [3.8, 4) is 0 Å². The zero-order chi connectivity index (χ0) is 10.1. The van der Waals surface area contributed by atoms with E-state index in [1.165, 1.54) is 32.7 Å². The molecule has 2 unspecified atom stereocenters. The van der Waals surface area contributed by atoms with Crippen molar-refractivity contribution in [3.05, 3.63) is 12.2 Å². The molecule has 2 aliphatic carbocycles. The summed E-state index contributed by atoms with van der Waals surface area (Å²) in [4.78, 5) is 0. The van der Waals surface area contributed by atoms with Crippen LogP contribution in [0.1, 0.15) is 46.0 Å². The molecule has 0 bridgehead atoms. The van der Waals surface area contributed by atoms with Crippen LogP contribution in [0.15, 0.2) is 12.2 Å². The summed E-state index contributed by atoms with van der Waals surface area (Å²) in [7, 11) is 1.50. The van der Waals surface area contributed by atoms with Crippen LogP contribution in [0.4, 0.5) is 0 Å². The van der Waals surface area contributed by atoms with Crippen LogP contribution in [0.5, 0.6) is 0 Å². The highest BCUT2D eigenvalue weighted by molar-refractivity contribution is 4.94. The molecule has 0 heterocycles. The van der Waals surface area contributed by atoms with Crippen molar-refractivity contribution < 1.29 is 0 Å². The highest BCUT2D eigenvalue weighted by Crippen LogP contribution is 2.45. The van der Waals surface area contributed by atoms with Gasteiger partial charge in [0.25, 0.3) is 0 Å². The molecule has 13 heavy (non-hydrogen) atoms. The molecule has 0 aliphatic heterocycles. The number of allylic oxidation sites excluding steroid dienone is 2. The SMILES string of the molecule is C1=C\CCC2CC2CC/1.CC.CN. The van der Waals surface area contributed by atoms with Gasteiger partial charge in [0.05, 0.1) is 0 Å². The molecule has 1 heteroatoms. The molecule has 0 aromatic rings. The van der Waals surface area contributed by atoms with Gasteiger partial charge in [-0.2, -0.15) is 0 Å². The zero-order valence-electron chi connectivity index (χ0n) is 9.42. The Bertz CT molecular complexity index is 115. The summed E-state index contributed by atoms with van der Waals surface area (Å²) in [5.41, 5.74) is 4.50. The number of hydrogen-bond acceptors (Lipinski definition) is 1. The minimum absolute atomic E-state index is 1.13. The van der Waals surface area contributed by atoms with Crippen LogP contribution in [0.25, 0.3) is 0 Å². The topological polar surface area (TPSA) is 26.0 Å². The summed E-state index contributed by atoms with van der Waals surface area (Å²) in [5.74, 6) is 2.27. The molecule has 2 rings (SSSR count). The van der Waals surface area contributed by atoms with Crippen molar-refractivity contribution in [1.29, 1.82) is 0 Å². The first-order valence-corrected chi connectivity index (χ1v) is 5.69. The first kappa shape index (κ1) is 12.7. The van der Waals surface area contributed by atoms with E-state index in [2.05, 4.69) is 17.9 Å². The molecule has 1 saturated carbocycles. The molecule has 2 N–H and O–H groups in total. The van der Waals surface area contributed by atoms with Gasteiger partial charge in [-0.3, -0.25) is 0 Å². The van der Waals surface area contributed by atoms with Crippen molar-refractivity contribution >= 4 is 0 Å². The average Bonchev–Trinajstić information content (AvgIpc) is 2.89. The van der Waals surface area contributed by atoms with Crippen molar-refractivity contribution in [2.75, 3.05) is 7.05 Å². The summed E-state index contributed by atoms with van der Waals surface area (Å²) in [6.07, 6.45) is 11.9. The Kier molecular flexibility index (Phi) is 8.11. The average molecular weight is 183 g/mol. The monoisotopic (exact) mass is 183 g/mol. The Morgan fingerprint density at radius 3 is 1.69 bits per heavy atom. The third kappa shape index (κ3) is 5.09. The Morgan fingerprint density at radius 1 is 0.923 bits per heavy atom. The molecule has 78 valence electrons. The van der Waals surface area contributed by atoms with Crippen molar-refractivity contribution in [1.82, 2.24) is 0 Å². The van der Waals surface area contributed by atoms with Gasteiger partial charge in [0, 0.05) is 0 Å². The fourth-order valence-electron chi connectivity index (χ4n) is 1.87. The largest absolute Gasteiger partial charge is 0.333 e. The van der Waals surface area contributed by atoms with Crippen molar-refractivity contribution in [3.63, 3.8) is 0 Å². The maximum Gasteiger partial charge on any atom is -0.0195 e. The Labute approximate surface area is 83.4 Å². The second-order valence-electron chi connectivity index (χ2n) is 3.38. The number of rotatable bonds is 0. The smallest absolute Gasteiger partial charge is 0.0195 e. The molecule has 1 fully saturated rings.